The molecule has 0 bridgehead atoms. The predicted octanol–water partition coefficient (Wildman–Crippen LogP) is 2.43. The molecule has 1 aliphatic rings. The first-order valence-corrected chi connectivity index (χ1v) is 8.07. The van der Waals surface area contributed by atoms with Crippen molar-refractivity contribution in [1.82, 2.24) is 10.2 Å². The zero-order valence-corrected chi connectivity index (χ0v) is 13.9. The molecule has 0 heterocycles. The lowest BCUT2D eigenvalue weighted by atomic mass is 9.84. The van der Waals surface area contributed by atoms with Crippen LogP contribution in [0.4, 0.5) is 0 Å². The molecule has 0 aromatic heterocycles. The van der Waals surface area contributed by atoms with Crippen molar-refractivity contribution in [2.24, 2.45) is 5.92 Å². The minimum atomic E-state index is -0.595. The van der Waals surface area contributed by atoms with E-state index in [0.717, 1.165) is 18.9 Å². The second-order valence-electron chi connectivity index (χ2n) is 6.24. The molecule has 4 heteroatoms. The molecule has 1 saturated carbocycles. The van der Waals surface area contributed by atoms with E-state index in [9.17, 15) is 4.79 Å². The number of hydrogen-bond donors (Lipinski definition) is 1. The molecule has 0 aromatic carbocycles. The molecule has 1 rings (SSSR count). The van der Waals surface area contributed by atoms with E-state index >= 15 is 0 Å². The van der Waals surface area contributed by atoms with Gasteiger partial charge in [0.15, 0.2) is 0 Å². The van der Waals surface area contributed by atoms with Crippen LogP contribution in [-0.4, -0.2) is 49.2 Å². The van der Waals surface area contributed by atoms with Gasteiger partial charge in [0.1, 0.15) is 5.54 Å². The number of rotatable bonds is 9. The Labute approximate surface area is 124 Å². The highest BCUT2D eigenvalue weighted by Crippen LogP contribution is 2.28. The Bertz CT molecular complexity index is 305. The van der Waals surface area contributed by atoms with Crippen molar-refractivity contribution in [1.29, 1.82) is 0 Å². The van der Waals surface area contributed by atoms with Crippen molar-refractivity contribution in [3.63, 3.8) is 0 Å². The first-order valence-electron chi connectivity index (χ1n) is 8.07. The minimum Gasteiger partial charge on any atom is -0.465 e. The summed E-state index contributed by atoms with van der Waals surface area (Å²) in [6.45, 7) is 10.9. The Morgan fingerprint density at radius 1 is 1.45 bits per heavy atom. The summed E-state index contributed by atoms with van der Waals surface area (Å²) in [6, 6.07) is 0.377. The summed E-state index contributed by atoms with van der Waals surface area (Å²) in [5.74, 6) is 0.717. The second kappa shape index (κ2) is 7.99. The highest BCUT2D eigenvalue weighted by molar-refractivity contribution is 5.80. The average Bonchev–Trinajstić information content (AvgIpc) is 2.37. The molecule has 2 atom stereocenters. The number of hydrogen-bond acceptors (Lipinski definition) is 4. The van der Waals surface area contributed by atoms with Gasteiger partial charge in [-0.3, -0.25) is 4.79 Å². The van der Waals surface area contributed by atoms with Crippen LogP contribution in [0.1, 0.15) is 53.4 Å². The third-order valence-corrected chi connectivity index (χ3v) is 4.73. The Kier molecular flexibility index (Phi) is 6.96. The molecule has 1 fully saturated rings. The van der Waals surface area contributed by atoms with Crippen LogP contribution in [-0.2, 0) is 9.53 Å². The van der Waals surface area contributed by atoms with Crippen LogP contribution in [0, 0.1) is 5.92 Å². The summed E-state index contributed by atoms with van der Waals surface area (Å²) in [7, 11) is 1.84. The molecule has 4 nitrogen and oxygen atoms in total. The van der Waals surface area contributed by atoms with E-state index in [-0.39, 0.29) is 5.97 Å². The van der Waals surface area contributed by atoms with Crippen LogP contribution in [0.2, 0.25) is 0 Å². The van der Waals surface area contributed by atoms with Gasteiger partial charge in [0.2, 0.25) is 0 Å². The van der Waals surface area contributed by atoms with Crippen molar-refractivity contribution < 1.29 is 9.53 Å². The average molecular weight is 284 g/mol. The number of carbonyl (C=O) groups is 1. The Morgan fingerprint density at radius 2 is 2.10 bits per heavy atom. The summed E-state index contributed by atoms with van der Waals surface area (Å²) in [5.41, 5.74) is -0.595. The maximum Gasteiger partial charge on any atom is 0.326 e. The lowest BCUT2D eigenvalue weighted by Gasteiger charge is -2.38. The van der Waals surface area contributed by atoms with Crippen LogP contribution < -0.4 is 5.32 Å². The van der Waals surface area contributed by atoms with Crippen LogP contribution in [0.3, 0.4) is 0 Å². The lowest BCUT2D eigenvalue weighted by molar-refractivity contribution is -0.151. The highest BCUT2D eigenvalue weighted by atomic mass is 16.5. The van der Waals surface area contributed by atoms with E-state index < -0.39 is 5.54 Å². The zero-order valence-electron chi connectivity index (χ0n) is 13.9. The molecule has 20 heavy (non-hydrogen) atoms. The van der Waals surface area contributed by atoms with E-state index in [1.165, 1.54) is 25.8 Å². The normalized spacial score (nSPS) is 20.3. The van der Waals surface area contributed by atoms with Crippen LogP contribution in [0.25, 0.3) is 0 Å². The van der Waals surface area contributed by atoms with Gasteiger partial charge in [-0.2, -0.15) is 0 Å². The number of nitrogens with zero attached hydrogens (tertiary/aromatic N) is 1. The third kappa shape index (κ3) is 4.45. The molecule has 0 radical (unpaired) electrons. The molecule has 118 valence electrons. The largest absolute Gasteiger partial charge is 0.465 e. The monoisotopic (exact) mass is 284 g/mol. The Balaban J connectivity index is 2.58. The fourth-order valence-electron chi connectivity index (χ4n) is 2.93. The molecule has 0 saturated heterocycles. The quantitative estimate of drug-likeness (QED) is 0.660. The number of nitrogens with one attached hydrogen (secondary N) is 1. The van der Waals surface area contributed by atoms with Gasteiger partial charge < -0.3 is 15.0 Å². The molecular formula is C16H32N2O2. The maximum atomic E-state index is 12.1. The Hall–Kier alpha value is -0.610. The third-order valence-electron chi connectivity index (χ3n) is 4.73. The van der Waals surface area contributed by atoms with Crippen LogP contribution in [0.15, 0.2) is 0 Å². The van der Waals surface area contributed by atoms with Gasteiger partial charge in [-0.1, -0.05) is 13.3 Å². The number of esters is 1. The molecule has 0 aliphatic heterocycles. The van der Waals surface area contributed by atoms with Crippen molar-refractivity contribution in [3.05, 3.63) is 0 Å². The van der Waals surface area contributed by atoms with E-state index in [0.29, 0.717) is 12.6 Å². The van der Waals surface area contributed by atoms with Gasteiger partial charge in [0, 0.05) is 12.6 Å². The topological polar surface area (TPSA) is 41.6 Å². The SMILES string of the molecule is CCOC(=O)C(C)(CC(C)N(CC)CC1CCC1)NC. The van der Waals surface area contributed by atoms with Gasteiger partial charge in [-0.05, 0) is 59.5 Å². The smallest absolute Gasteiger partial charge is 0.326 e. The number of ether oxygens (including phenoxy) is 1. The molecule has 0 spiro atoms. The summed E-state index contributed by atoms with van der Waals surface area (Å²) < 4.78 is 5.21. The predicted molar refractivity (Wildman–Crippen MR) is 82.8 cm³/mol. The summed E-state index contributed by atoms with van der Waals surface area (Å²) in [6.07, 6.45) is 4.89. The lowest BCUT2D eigenvalue weighted by Crippen LogP contribution is -2.53. The van der Waals surface area contributed by atoms with Gasteiger partial charge in [-0.15, -0.1) is 0 Å². The first-order chi connectivity index (χ1) is 9.46. The Morgan fingerprint density at radius 3 is 2.50 bits per heavy atom. The summed E-state index contributed by atoms with van der Waals surface area (Å²) in [4.78, 5) is 14.6. The van der Waals surface area contributed by atoms with E-state index in [1.807, 2.05) is 20.9 Å². The molecule has 1 aliphatic carbocycles. The van der Waals surface area contributed by atoms with Gasteiger partial charge in [-0.25, -0.2) is 0 Å². The molecule has 0 aromatic rings. The van der Waals surface area contributed by atoms with Crippen molar-refractivity contribution in [2.45, 2.75) is 65.0 Å². The minimum absolute atomic E-state index is 0.144. The first kappa shape index (κ1) is 17.4. The fraction of sp³-hybridized carbons (Fsp3) is 0.938. The van der Waals surface area contributed by atoms with Crippen molar-refractivity contribution >= 4 is 5.97 Å². The molecular weight excluding hydrogens is 252 g/mol. The van der Waals surface area contributed by atoms with Gasteiger partial charge in [0.05, 0.1) is 6.61 Å². The standard InChI is InChI=1S/C16H32N2O2/c1-6-18(12-14-9-8-10-14)13(3)11-16(4,17-5)15(19)20-7-2/h13-14,17H,6-12H2,1-5H3. The van der Waals surface area contributed by atoms with E-state index in [2.05, 4.69) is 24.1 Å². The molecule has 1 N–H and O–H groups in total. The number of likely N-dealkylation sites (N-methyl/N-ethyl adjacent to an activating group) is 1. The van der Waals surface area contributed by atoms with Gasteiger partial charge >= 0.3 is 5.97 Å². The highest BCUT2D eigenvalue weighted by Gasteiger charge is 2.36. The fourth-order valence-corrected chi connectivity index (χ4v) is 2.93. The zero-order chi connectivity index (χ0) is 15.2. The van der Waals surface area contributed by atoms with Gasteiger partial charge in [0.25, 0.3) is 0 Å². The van der Waals surface area contributed by atoms with Crippen molar-refractivity contribution in [3.8, 4) is 0 Å². The summed E-state index contributed by atoms with van der Waals surface area (Å²) in [5, 5.41) is 3.15. The van der Waals surface area contributed by atoms with E-state index in [4.69, 9.17) is 4.74 Å². The molecule has 0 amide bonds. The number of carbonyl (C=O) groups excluding carboxylic acids is 1. The van der Waals surface area contributed by atoms with Crippen LogP contribution >= 0.6 is 0 Å². The van der Waals surface area contributed by atoms with Crippen molar-refractivity contribution in [2.75, 3.05) is 26.7 Å². The maximum absolute atomic E-state index is 12.1. The molecule has 2 unspecified atom stereocenters. The second-order valence-corrected chi connectivity index (χ2v) is 6.24. The summed E-state index contributed by atoms with van der Waals surface area (Å²) >= 11 is 0. The van der Waals surface area contributed by atoms with Crippen LogP contribution in [0.5, 0.6) is 0 Å². The van der Waals surface area contributed by atoms with E-state index in [1.54, 1.807) is 0 Å².